The van der Waals surface area contributed by atoms with Gasteiger partial charge in [0.1, 0.15) is 12.1 Å². The molecule has 4 heteroatoms. The highest BCUT2D eigenvalue weighted by molar-refractivity contribution is 5.98. The van der Waals surface area contributed by atoms with Crippen molar-refractivity contribution in [2.45, 2.75) is 25.5 Å². The van der Waals surface area contributed by atoms with Gasteiger partial charge < -0.3 is 9.84 Å². The van der Waals surface area contributed by atoms with Gasteiger partial charge in [0.15, 0.2) is 0 Å². The molecule has 1 heterocycles. The van der Waals surface area contributed by atoms with Crippen molar-refractivity contribution in [1.82, 2.24) is 0 Å². The minimum atomic E-state index is -0.946. The van der Waals surface area contributed by atoms with Gasteiger partial charge in [-0.25, -0.2) is 9.79 Å². The predicted octanol–water partition coefficient (Wildman–Crippen LogP) is 2.11. The summed E-state index contributed by atoms with van der Waals surface area (Å²) in [6.07, 6.45) is 2.35. The maximum Gasteiger partial charge on any atom is 0.331 e. The van der Waals surface area contributed by atoms with Crippen LogP contribution in [0.4, 0.5) is 0 Å². The second-order valence-electron chi connectivity index (χ2n) is 4.60. The van der Waals surface area contributed by atoms with E-state index in [1.54, 1.807) is 0 Å². The van der Waals surface area contributed by atoms with Crippen molar-refractivity contribution < 1.29 is 14.6 Å². The number of benzene rings is 1. The maximum absolute atomic E-state index is 10.8. The second kappa shape index (κ2) is 3.98. The molecule has 1 aliphatic carbocycles. The van der Waals surface area contributed by atoms with E-state index < -0.39 is 5.97 Å². The summed E-state index contributed by atoms with van der Waals surface area (Å²) >= 11 is 0. The van der Waals surface area contributed by atoms with Crippen molar-refractivity contribution in [3.05, 3.63) is 47.0 Å². The number of carbonyl (C=O) groups is 1. The summed E-state index contributed by atoms with van der Waals surface area (Å²) in [5.74, 6) is -0.516. The minimum absolute atomic E-state index is 0.0223. The summed E-state index contributed by atoms with van der Waals surface area (Å²) in [4.78, 5) is 15.2. The highest BCUT2D eigenvalue weighted by atomic mass is 16.5. The molecule has 0 unspecified atom stereocenters. The number of rotatable bonds is 2. The predicted molar refractivity (Wildman–Crippen MR) is 66.6 cm³/mol. The van der Waals surface area contributed by atoms with Gasteiger partial charge in [-0.05, 0) is 18.1 Å². The first-order valence-electron chi connectivity index (χ1n) is 5.89. The molecule has 4 nitrogen and oxygen atoms in total. The molecular formula is C14H13NO3. The second-order valence-corrected chi connectivity index (χ2v) is 4.60. The molecule has 0 fully saturated rings. The van der Waals surface area contributed by atoms with Crippen molar-refractivity contribution in [1.29, 1.82) is 0 Å². The van der Waals surface area contributed by atoms with Crippen LogP contribution in [0.15, 0.2) is 40.9 Å². The summed E-state index contributed by atoms with van der Waals surface area (Å²) in [7, 11) is 0. The molecule has 0 bridgehead atoms. The molecule has 0 aromatic heterocycles. The van der Waals surface area contributed by atoms with Crippen LogP contribution < -0.4 is 0 Å². The molecular weight excluding hydrogens is 230 g/mol. The van der Waals surface area contributed by atoms with Crippen LogP contribution in [0, 0.1) is 0 Å². The van der Waals surface area contributed by atoms with E-state index in [0.29, 0.717) is 5.90 Å². The van der Waals surface area contributed by atoms with Crippen LogP contribution in [0.5, 0.6) is 0 Å². The Balaban J connectivity index is 1.90. The standard InChI is InChI=1S/C14H13NO3/c1-8(14(16)17)6-12-15-13-10-5-3-2-4-9(10)7-11(13)18-12/h2-6,11,13H,7H2,1H3,(H,16,17)/b8-6+/t11-,13+/m1/s1. The smallest absolute Gasteiger partial charge is 0.331 e. The summed E-state index contributed by atoms with van der Waals surface area (Å²) in [5.41, 5.74) is 2.70. The number of carboxylic acids is 1. The van der Waals surface area contributed by atoms with Crippen LogP contribution in [0.3, 0.4) is 0 Å². The van der Waals surface area contributed by atoms with Gasteiger partial charge in [-0.1, -0.05) is 24.3 Å². The lowest BCUT2D eigenvalue weighted by Crippen LogP contribution is -2.12. The van der Waals surface area contributed by atoms with Gasteiger partial charge in [-0.2, -0.15) is 0 Å². The number of carboxylic acid groups (broad SMARTS) is 1. The fourth-order valence-electron chi connectivity index (χ4n) is 2.44. The van der Waals surface area contributed by atoms with Gasteiger partial charge in [0.2, 0.25) is 5.90 Å². The zero-order valence-electron chi connectivity index (χ0n) is 9.96. The average molecular weight is 243 g/mol. The normalized spacial score (nSPS) is 25.2. The molecule has 0 spiro atoms. The Bertz CT molecular complexity index is 574. The first kappa shape index (κ1) is 11.0. The Morgan fingerprint density at radius 1 is 1.50 bits per heavy atom. The SMILES string of the molecule is C/C(=C\C1=N[C@H]2c3ccccc3C[C@H]2O1)C(=O)O. The molecule has 2 atom stereocenters. The zero-order valence-corrected chi connectivity index (χ0v) is 9.96. The highest BCUT2D eigenvalue weighted by Gasteiger charge is 2.38. The molecule has 0 saturated heterocycles. The third kappa shape index (κ3) is 1.70. The third-order valence-corrected chi connectivity index (χ3v) is 3.36. The summed E-state index contributed by atoms with van der Waals surface area (Å²) in [6.45, 7) is 1.54. The topological polar surface area (TPSA) is 58.9 Å². The first-order valence-corrected chi connectivity index (χ1v) is 5.89. The van der Waals surface area contributed by atoms with Gasteiger partial charge in [-0.3, -0.25) is 0 Å². The van der Waals surface area contributed by atoms with E-state index in [0.717, 1.165) is 6.42 Å². The highest BCUT2D eigenvalue weighted by Crippen LogP contribution is 2.39. The van der Waals surface area contributed by atoms with Crippen molar-refractivity contribution in [2.24, 2.45) is 4.99 Å². The number of nitrogens with zero attached hydrogens (tertiary/aromatic N) is 1. The summed E-state index contributed by atoms with van der Waals surface area (Å²) in [5, 5.41) is 8.82. The summed E-state index contributed by atoms with van der Waals surface area (Å²) < 4.78 is 5.70. The van der Waals surface area contributed by atoms with Gasteiger partial charge >= 0.3 is 5.97 Å². The van der Waals surface area contributed by atoms with Crippen molar-refractivity contribution in [2.75, 3.05) is 0 Å². The molecule has 1 aromatic rings. The molecule has 0 radical (unpaired) electrons. The van der Waals surface area contributed by atoms with E-state index in [4.69, 9.17) is 9.84 Å². The van der Waals surface area contributed by atoms with Crippen LogP contribution in [-0.2, 0) is 16.0 Å². The van der Waals surface area contributed by atoms with Crippen LogP contribution in [-0.4, -0.2) is 23.1 Å². The fourth-order valence-corrected chi connectivity index (χ4v) is 2.44. The zero-order chi connectivity index (χ0) is 12.7. The molecule has 1 aromatic carbocycles. The first-order chi connectivity index (χ1) is 8.65. The fraction of sp³-hybridized carbons (Fsp3) is 0.286. The Morgan fingerprint density at radius 3 is 3.06 bits per heavy atom. The largest absolute Gasteiger partial charge is 0.478 e. The molecule has 18 heavy (non-hydrogen) atoms. The Labute approximate surface area is 105 Å². The lowest BCUT2D eigenvalue weighted by Gasteiger charge is -2.07. The van der Waals surface area contributed by atoms with E-state index in [9.17, 15) is 4.79 Å². The van der Waals surface area contributed by atoms with Crippen LogP contribution >= 0.6 is 0 Å². The van der Waals surface area contributed by atoms with Gasteiger partial charge in [0, 0.05) is 18.1 Å². The van der Waals surface area contributed by atoms with Gasteiger partial charge in [-0.15, -0.1) is 0 Å². The maximum atomic E-state index is 10.8. The number of ether oxygens (including phenoxy) is 1. The number of aliphatic carboxylic acids is 1. The van der Waals surface area contributed by atoms with E-state index >= 15 is 0 Å². The molecule has 3 rings (SSSR count). The Hall–Kier alpha value is -2.10. The van der Waals surface area contributed by atoms with Crippen LogP contribution in [0.1, 0.15) is 24.1 Å². The Kier molecular flexibility index (Phi) is 2.44. The lowest BCUT2D eigenvalue weighted by molar-refractivity contribution is -0.132. The average Bonchev–Trinajstić information content (AvgIpc) is 2.85. The van der Waals surface area contributed by atoms with Crippen molar-refractivity contribution in [3.63, 3.8) is 0 Å². The van der Waals surface area contributed by atoms with Gasteiger partial charge in [0.05, 0.1) is 0 Å². The quantitative estimate of drug-likeness (QED) is 0.809. The number of fused-ring (bicyclic) bond motifs is 3. The van der Waals surface area contributed by atoms with Gasteiger partial charge in [0.25, 0.3) is 0 Å². The summed E-state index contributed by atoms with van der Waals surface area (Å²) in [6, 6.07) is 8.18. The van der Waals surface area contributed by atoms with Crippen LogP contribution in [0.25, 0.3) is 0 Å². The molecule has 1 aliphatic heterocycles. The van der Waals surface area contributed by atoms with E-state index in [1.165, 1.54) is 24.1 Å². The molecule has 0 saturated carbocycles. The molecule has 1 N–H and O–H groups in total. The number of hydrogen-bond acceptors (Lipinski definition) is 3. The van der Waals surface area contributed by atoms with E-state index in [2.05, 4.69) is 17.1 Å². The number of hydrogen-bond donors (Lipinski definition) is 1. The third-order valence-electron chi connectivity index (χ3n) is 3.36. The number of aliphatic imine (C=N–C) groups is 1. The Morgan fingerprint density at radius 2 is 2.28 bits per heavy atom. The van der Waals surface area contributed by atoms with Crippen molar-refractivity contribution in [3.8, 4) is 0 Å². The van der Waals surface area contributed by atoms with E-state index in [-0.39, 0.29) is 17.7 Å². The molecule has 92 valence electrons. The van der Waals surface area contributed by atoms with Crippen molar-refractivity contribution >= 4 is 11.9 Å². The minimum Gasteiger partial charge on any atom is -0.478 e. The molecule has 2 aliphatic rings. The molecule has 0 amide bonds. The van der Waals surface area contributed by atoms with Crippen LogP contribution in [0.2, 0.25) is 0 Å². The lowest BCUT2D eigenvalue weighted by atomic mass is 10.1. The van der Waals surface area contributed by atoms with E-state index in [1.807, 2.05) is 12.1 Å². The monoisotopic (exact) mass is 243 g/mol.